The zero-order chi connectivity index (χ0) is 25.8. The van der Waals surface area contributed by atoms with Crippen molar-refractivity contribution in [2.24, 2.45) is 0 Å². The first-order valence-corrected chi connectivity index (χ1v) is 11.6. The van der Waals surface area contributed by atoms with Gasteiger partial charge in [0.15, 0.2) is 0 Å². The van der Waals surface area contributed by atoms with Crippen LogP contribution in [0.4, 0.5) is 0 Å². The number of amides is 1. The van der Waals surface area contributed by atoms with Crippen LogP contribution in [0, 0.1) is 0 Å². The van der Waals surface area contributed by atoms with Gasteiger partial charge in [-0.2, -0.15) is 0 Å². The molecule has 0 aromatic heterocycles. The summed E-state index contributed by atoms with van der Waals surface area (Å²) in [5, 5.41) is 11.2. The molecule has 1 unspecified atom stereocenters. The lowest BCUT2D eigenvalue weighted by atomic mass is 9.95. The highest BCUT2D eigenvalue weighted by molar-refractivity contribution is 6.46. The molecule has 4 rings (SSSR count). The van der Waals surface area contributed by atoms with Crippen molar-refractivity contribution in [3.05, 3.63) is 95.1 Å². The van der Waals surface area contributed by atoms with Gasteiger partial charge >= 0.3 is 0 Å². The van der Waals surface area contributed by atoms with Gasteiger partial charge in [0.2, 0.25) is 0 Å². The Morgan fingerprint density at radius 1 is 0.889 bits per heavy atom. The molecular formula is C29H29NO6. The topological polar surface area (TPSA) is 85.3 Å². The molecule has 0 spiro atoms. The highest BCUT2D eigenvalue weighted by Gasteiger charge is 2.46. The smallest absolute Gasteiger partial charge is 0.295 e. The van der Waals surface area contributed by atoms with Crippen LogP contribution >= 0.6 is 0 Å². The average Bonchev–Trinajstić information content (AvgIpc) is 3.13. The first-order valence-electron chi connectivity index (χ1n) is 11.6. The van der Waals surface area contributed by atoms with Crippen LogP contribution in [0.2, 0.25) is 0 Å². The summed E-state index contributed by atoms with van der Waals surface area (Å²) in [5.74, 6) is 0.279. The number of methoxy groups -OCH3 is 2. The summed E-state index contributed by atoms with van der Waals surface area (Å²) in [7, 11) is 3.12. The number of ether oxygens (including phenoxy) is 3. The Hall–Kier alpha value is -4.26. The van der Waals surface area contributed by atoms with E-state index in [1.807, 2.05) is 50.2 Å². The Balaban J connectivity index is 1.81. The van der Waals surface area contributed by atoms with Crippen molar-refractivity contribution in [1.29, 1.82) is 0 Å². The van der Waals surface area contributed by atoms with Crippen LogP contribution in [-0.2, 0) is 16.1 Å². The lowest BCUT2D eigenvalue weighted by Crippen LogP contribution is -2.29. The van der Waals surface area contributed by atoms with Crippen molar-refractivity contribution >= 4 is 17.4 Å². The SMILES string of the molecule is COc1ccc(/C(O)=C2/C(=O)C(=O)N(Cc3cccc(OC)c3)C2c2ccc(OC(C)C)cc2)cc1. The van der Waals surface area contributed by atoms with Crippen molar-refractivity contribution in [2.45, 2.75) is 32.5 Å². The third-order valence-corrected chi connectivity index (χ3v) is 5.96. The summed E-state index contributed by atoms with van der Waals surface area (Å²) in [6, 6.07) is 20.4. The molecule has 1 amide bonds. The quantitative estimate of drug-likeness (QED) is 0.270. The number of carbonyl (C=O) groups is 2. The summed E-state index contributed by atoms with van der Waals surface area (Å²) in [6.07, 6.45) is 0.00428. The van der Waals surface area contributed by atoms with E-state index in [4.69, 9.17) is 14.2 Å². The van der Waals surface area contributed by atoms with Gasteiger partial charge in [0.25, 0.3) is 11.7 Å². The fourth-order valence-corrected chi connectivity index (χ4v) is 4.26. The number of aliphatic hydroxyl groups excluding tert-OH is 1. The molecule has 0 saturated carbocycles. The van der Waals surface area contributed by atoms with Crippen molar-refractivity contribution in [3.8, 4) is 17.2 Å². The van der Waals surface area contributed by atoms with E-state index in [0.717, 1.165) is 5.56 Å². The first-order chi connectivity index (χ1) is 17.3. The van der Waals surface area contributed by atoms with Crippen LogP contribution in [0.5, 0.6) is 17.2 Å². The standard InChI is InChI=1S/C29H29NO6/c1-18(2)36-23-14-8-20(9-15-23)26-25(27(31)21-10-12-22(34-3)13-11-21)28(32)29(33)30(26)17-19-6-5-7-24(16-19)35-4/h5-16,18,26,31H,17H2,1-4H3/b27-25-. The molecule has 0 aliphatic carbocycles. The van der Waals surface area contributed by atoms with Crippen molar-refractivity contribution in [3.63, 3.8) is 0 Å². The highest BCUT2D eigenvalue weighted by Crippen LogP contribution is 2.41. The molecule has 1 aliphatic rings. The van der Waals surface area contributed by atoms with Gasteiger partial charge in [-0.05, 0) is 73.5 Å². The van der Waals surface area contributed by atoms with Crippen molar-refractivity contribution in [1.82, 2.24) is 4.90 Å². The monoisotopic (exact) mass is 487 g/mol. The summed E-state index contributed by atoms with van der Waals surface area (Å²) >= 11 is 0. The van der Waals surface area contributed by atoms with Gasteiger partial charge < -0.3 is 24.2 Å². The van der Waals surface area contributed by atoms with Gasteiger partial charge in [-0.25, -0.2) is 0 Å². The minimum atomic E-state index is -0.786. The molecule has 3 aromatic rings. The Morgan fingerprint density at radius 2 is 1.53 bits per heavy atom. The summed E-state index contributed by atoms with van der Waals surface area (Å²) in [4.78, 5) is 28.0. The van der Waals surface area contributed by atoms with Crippen LogP contribution in [0.1, 0.15) is 36.6 Å². The van der Waals surface area contributed by atoms with Gasteiger partial charge in [-0.1, -0.05) is 24.3 Å². The molecule has 1 fully saturated rings. The average molecular weight is 488 g/mol. The van der Waals surface area contributed by atoms with Crippen LogP contribution in [0.25, 0.3) is 5.76 Å². The Morgan fingerprint density at radius 3 is 2.14 bits per heavy atom. The number of carbonyl (C=O) groups excluding carboxylic acids is 2. The number of Topliss-reactive ketones (excluding diaryl/α,β-unsaturated/α-hetero) is 1. The lowest BCUT2D eigenvalue weighted by molar-refractivity contribution is -0.140. The van der Waals surface area contributed by atoms with Gasteiger partial charge in [0.05, 0.1) is 31.9 Å². The summed E-state index contributed by atoms with van der Waals surface area (Å²) in [5.41, 5.74) is 1.93. The zero-order valence-electron chi connectivity index (χ0n) is 20.7. The van der Waals surface area contributed by atoms with E-state index in [1.54, 1.807) is 50.6 Å². The second-order valence-corrected chi connectivity index (χ2v) is 8.74. The first kappa shape index (κ1) is 24.9. The minimum Gasteiger partial charge on any atom is -0.507 e. The van der Waals surface area contributed by atoms with Crippen LogP contribution in [0.15, 0.2) is 78.4 Å². The Kier molecular flexibility index (Phi) is 7.29. The van der Waals surface area contributed by atoms with E-state index in [9.17, 15) is 14.7 Å². The maximum atomic E-state index is 13.3. The molecule has 186 valence electrons. The van der Waals surface area contributed by atoms with E-state index in [0.29, 0.717) is 28.4 Å². The zero-order valence-corrected chi connectivity index (χ0v) is 20.7. The molecule has 1 heterocycles. The van der Waals surface area contributed by atoms with E-state index < -0.39 is 17.7 Å². The number of benzene rings is 3. The van der Waals surface area contributed by atoms with Crippen molar-refractivity contribution in [2.75, 3.05) is 14.2 Å². The molecule has 36 heavy (non-hydrogen) atoms. The molecule has 1 aliphatic heterocycles. The number of ketones is 1. The van der Waals surface area contributed by atoms with Gasteiger partial charge in [-0.3, -0.25) is 9.59 Å². The number of rotatable bonds is 8. The van der Waals surface area contributed by atoms with Crippen LogP contribution in [0.3, 0.4) is 0 Å². The molecular weight excluding hydrogens is 458 g/mol. The number of likely N-dealkylation sites (tertiary alicyclic amines) is 1. The van der Waals surface area contributed by atoms with E-state index in [1.165, 1.54) is 4.90 Å². The number of nitrogens with zero attached hydrogens (tertiary/aromatic N) is 1. The molecule has 7 nitrogen and oxygen atoms in total. The van der Waals surface area contributed by atoms with Gasteiger partial charge in [0.1, 0.15) is 23.0 Å². The third-order valence-electron chi connectivity index (χ3n) is 5.96. The second kappa shape index (κ2) is 10.6. The molecule has 0 radical (unpaired) electrons. The van der Waals surface area contributed by atoms with E-state index >= 15 is 0 Å². The van der Waals surface area contributed by atoms with E-state index in [-0.39, 0.29) is 24.0 Å². The molecule has 1 saturated heterocycles. The van der Waals surface area contributed by atoms with Gasteiger partial charge in [0, 0.05) is 12.1 Å². The Bertz CT molecular complexity index is 1280. The van der Waals surface area contributed by atoms with Crippen LogP contribution < -0.4 is 14.2 Å². The summed E-state index contributed by atoms with van der Waals surface area (Å²) < 4.78 is 16.3. The van der Waals surface area contributed by atoms with Gasteiger partial charge in [-0.15, -0.1) is 0 Å². The molecule has 3 aromatic carbocycles. The lowest BCUT2D eigenvalue weighted by Gasteiger charge is -2.26. The van der Waals surface area contributed by atoms with Crippen LogP contribution in [-0.4, -0.2) is 42.0 Å². The normalized spacial score (nSPS) is 16.9. The predicted molar refractivity (Wildman–Crippen MR) is 136 cm³/mol. The molecule has 0 bridgehead atoms. The maximum absolute atomic E-state index is 13.3. The molecule has 7 heteroatoms. The molecule has 1 atom stereocenters. The van der Waals surface area contributed by atoms with Crippen molar-refractivity contribution < 1.29 is 28.9 Å². The maximum Gasteiger partial charge on any atom is 0.295 e. The molecule has 1 N–H and O–H groups in total. The number of aliphatic hydroxyl groups is 1. The number of hydrogen-bond acceptors (Lipinski definition) is 6. The second-order valence-electron chi connectivity index (χ2n) is 8.74. The summed E-state index contributed by atoms with van der Waals surface area (Å²) in [6.45, 7) is 4.04. The highest BCUT2D eigenvalue weighted by atomic mass is 16.5. The Labute approximate surface area is 210 Å². The fraction of sp³-hybridized carbons (Fsp3) is 0.241. The minimum absolute atomic E-state index is 0.00428. The predicted octanol–water partition coefficient (Wildman–Crippen LogP) is 5.11. The van der Waals surface area contributed by atoms with E-state index in [2.05, 4.69) is 0 Å². The fourth-order valence-electron chi connectivity index (χ4n) is 4.26. The third kappa shape index (κ3) is 5.05. The number of hydrogen-bond donors (Lipinski definition) is 1. The largest absolute Gasteiger partial charge is 0.507 e.